The summed E-state index contributed by atoms with van der Waals surface area (Å²) in [5.41, 5.74) is -2.37. The number of fused-ring (bicyclic) bond motifs is 1. The first-order valence-corrected chi connectivity index (χ1v) is 19.4. The SMILES string of the molecule is C#CCOc1cnc(/C(F)=C/c2cnc(F)c([C@@]3(C)N=C(N(COCC[Si](C)(C)C)C(=O)OC(C)(C)C)S[C@@]4(C(=O)O)CC43)c2)cn1. The average Bonchev–Trinajstić information content (AvgIpc) is 3.73. The zero-order valence-corrected chi connectivity index (χ0v) is 29.3. The van der Waals surface area contributed by atoms with Crippen LogP contribution in [0.4, 0.5) is 13.6 Å². The lowest BCUT2D eigenvalue weighted by Gasteiger charge is -2.37. The number of carboxylic acids is 1. The Bertz CT molecular complexity index is 1620. The van der Waals surface area contributed by atoms with Crippen LogP contribution in [0.3, 0.4) is 0 Å². The van der Waals surface area contributed by atoms with Crippen LogP contribution in [0.2, 0.25) is 25.7 Å². The summed E-state index contributed by atoms with van der Waals surface area (Å²) in [4.78, 5) is 43.9. The summed E-state index contributed by atoms with van der Waals surface area (Å²) in [6.07, 6.45) is 9.14. The van der Waals surface area contributed by atoms with Crippen molar-refractivity contribution in [3.63, 3.8) is 0 Å². The summed E-state index contributed by atoms with van der Waals surface area (Å²) in [7, 11) is -1.46. The third-order valence-electron chi connectivity index (χ3n) is 7.49. The van der Waals surface area contributed by atoms with E-state index in [1.165, 1.54) is 12.3 Å². The standard InChI is InChI=1S/C32H39F2N5O6SSi/c1-9-10-44-25-18-35-23(17-36-25)22(33)14-20-13-21(26(34)37-16-20)31(5)24-15-32(24,27(40)41)46-28(38-31)39(29(42)45-30(2,3)4)19-43-11-12-47(6,7)8/h1,13-14,16-18,24H,10-12,15,19H2,2-8H3,(H,40,41)/b22-14-/t24?,31-,32+/m1/s1. The number of ether oxygens (including phenoxy) is 3. The van der Waals surface area contributed by atoms with Crippen molar-refractivity contribution in [3.05, 3.63) is 47.4 Å². The summed E-state index contributed by atoms with van der Waals surface area (Å²) >= 11 is 0.916. The number of hydrogen-bond acceptors (Lipinski definition) is 10. The van der Waals surface area contributed by atoms with E-state index in [9.17, 15) is 14.7 Å². The van der Waals surface area contributed by atoms with Crippen molar-refractivity contribution < 1.29 is 37.7 Å². The molecule has 0 bridgehead atoms. The minimum absolute atomic E-state index is 0.0137. The van der Waals surface area contributed by atoms with Crippen LogP contribution in [-0.2, 0) is 19.8 Å². The Morgan fingerprint density at radius 1 is 1.23 bits per heavy atom. The lowest BCUT2D eigenvalue weighted by Crippen LogP contribution is -2.47. The van der Waals surface area contributed by atoms with Crippen LogP contribution in [0.1, 0.15) is 50.9 Å². The smallest absolute Gasteiger partial charge is 0.418 e. The summed E-state index contributed by atoms with van der Waals surface area (Å²) in [6, 6.07) is 2.20. The number of thioether (sulfide) groups is 1. The fourth-order valence-corrected chi connectivity index (χ4v) is 7.17. The van der Waals surface area contributed by atoms with Crippen LogP contribution in [0.25, 0.3) is 11.9 Å². The minimum atomic E-state index is -1.50. The van der Waals surface area contributed by atoms with E-state index in [4.69, 9.17) is 25.6 Å². The van der Waals surface area contributed by atoms with E-state index in [0.717, 1.165) is 41.2 Å². The van der Waals surface area contributed by atoms with Gasteiger partial charge in [-0.2, -0.15) is 4.39 Å². The van der Waals surface area contributed by atoms with E-state index in [0.29, 0.717) is 6.61 Å². The fourth-order valence-electron chi connectivity index (χ4n) is 4.90. The number of aliphatic imine (C=N–C) groups is 1. The number of hydrogen-bond donors (Lipinski definition) is 1. The van der Waals surface area contributed by atoms with Crippen LogP contribution in [0.15, 0.2) is 29.6 Å². The number of pyridine rings is 1. The molecule has 1 aliphatic heterocycles. The van der Waals surface area contributed by atoms with Crippen molar-refractivity contribution in [2.75, 3.05) is 19.9 Å². The molecule has 0 radical (unpaired) electrons. The molecular weight excluding hydrogens is 649 g/mol. The Balaban J connectivity index is 1.73. The highest BCUT2D eigenvalue weighted by Crippen LogP contribution is 2.66. The molecule has 2 aromatic rings. The monoisotopic (exact) mass is 687 g/mol. The third-order valence-corrected chi connectivity index (χ3v) is 10.7. The maximum atomic E-state index is 15.6. The molecule has 11 nitrogen and oxygen atoms in total. The third kappa shape index (κ3) is 8.54. The number of aliphatic carboxylic acids is 1. The van der Waals surface area contributed by atoms with E-state index in [1.54, 1.807) is 27.7 Å². The molecule has 1 aliphatic carbocycles. The molecule has 0 saturated heterocycles. The predicted octanol–water partition coefficient (Wildman–Crippen LogP) is 6.20. The Hall–Kier alpha value is -3.87. The van der Waals surface area contributed by atoms with Crippen LogP contribution in [0, 0.1) is 24.2 Å². The van der Waals surface area contributed by atoms with Gasteiger partial charge in [0.15, 0.2) is 17.6 Å². The fraction of sp³-hybridized carbons (Fsp3) is 0.500. The second-order valence-electron chi connectivity index (χ2n) is 13.7. The molecule has 15 heteroatoms. The zero-order chi connectivity index (χ0) is 34.8. The van der Waals surface area contributed by atoms with E-state index >= 15 is 8.78 Å². The van der Waals surface area contributed by atoms with Gasteiger partial charge in [-0.15, -0.1) is 6.42 Å². The van der Waals surface area contributed by atoms with Crippen LogP contribution < -0.4 is 4.74 Å². The summed E-state index contributed by atoms with van der Waals surface area (Å²) in [5.74, 6) is -1.06. The topological polar surface area (TPSA) is 136 Å². The van der Waals surface area contributed by atoms with Gasteiger partial charge in [-0.25, -0.2) is 29.0 Å². The maximum Gasteiger partial charge on any atom is 0.418 e. The minimum Gasteiger partial charge on any atom is -0.480 e. The number of carbonyl (C=O) groups is 2. The van der Waals surface area contributed by atoms with Gasteiger partial charge in [0, 0.05) is 32.4 Å². The van der Waals surface area contributed by atoms with E-state index in [2.05, 4.69) is 40.5 Å². The van der Waals surface area contributed by atoms with Crippen LogP contribution >= 0.6 is 11.8 Å². The molecule has 1 N–H and O–H groups in total. The molecule has 2 aliphatic rings. The molecule has 252 valence electrons. The van der Waals surface area contributed by atoms with Crippen LogP contribution in [0.5, 0.6) is 5.88 Å². The summed E-state index contributed by atoms with van der Waals surface area (Å²) < 4.78 is 46.1. The highest BCUT2D eigenvalue weighted by molar-refractivity contribution is 8.15. The van der Waals surface area contributed by atoms with E-state index < -0.39 is 53.7 Å². The number of amidine groups is 1. The maximum absolute atomic E-state index is 15.6. The molecule has 3 atom stereocenters. The van der Waals surface area contributed by atoms with Gasteiger partial charge in [-0.05, 0) is 57.9 Å². The predicted molar refractivity (Wildman–Crippen MR) is 177 cm³/mol. The second-order valence-corrected chi connectivity index (χ2v) is 20.6. The number of terminal acetylenes is 1. The number of aromatic nitrogens is 3. The first kappa shape index (κ1) is 36.0. The highest BCUT2D eigenvalue weighted by atomic mass is 32.2. The van der Waals surface area contributed by atoms with Gasteiger partial charge in [0.1, 0.15) is 22.8 Å². The van der Waals surface area contributed by atoms with Gasteiger partial charge in [-0.1, -0.05) is 37.3 Å². The molecular formula is C32H39F2N5O6SSi. The number of rotatable bonds is 11. The molecule has 2 aromatic heterocycles. The van der Waals surface area contributed by atoms with Gasteiger partial charge in [0.2, 0.25) is 11.8 Å². The van der Waals surface area contributed by atoms with Gasteiger partial charge >= 0.3 is 12.1 Å². The summed E-state index contributed by atoms with van der Waals surface area (Å²) in [6.45, 7) is 13.4. The largest absolute Gasteiger partial charge is 0.480 e. The first-order valence-electron chi connectivity index (χ1n) is 14.9. The molecule has 1 fully saturated rings. The Morgan fingerprint density at radius 3 is 2.55 bits per heavy atom. The van der Waals surface area contributed by atoms with Crippen molar-refractivity contribution in [3.8, 4) is 18.2 Å². The lowest BCUT2D eigenvalue weighted by molar-refractivity contribution is -0.137. The molecule has 47 heavy (non-hydrogen) atoms. The molecule has 1 amide bonds. The highest BCUT2D eigenvalue weighted by Gasteiger charge is 2.72. The number of halogens is 2. The van der Waals surface area contributed by atoms with Crippen LogP contribution in [-0.4, -0.2) is 80.6 Å². The normalized spacial score (nSPS) is 22.4. The zero-order valence-electron chi connectivity index (χ0n) is 27.5. The Morgan fingerprint density at radius 2 is 1.96 bits per heavy atom. The molecule has 4 rings (SSSR count). The molecule has 3 heterocycles. The number of carbonyl (C=O) groups excluding carboxylic acids is 1. The molecule has 1 unspecified atom stereocenters. The molecule has 0 spiro atoms. The van der Waals surface area contributed by atoms with Crippen molar-refractivity contribution in [1.29, 1.82) is 0 Å². The second kappa shape index (κ2) is 13.7. The Labute approximate surface area is 278 Å². The quantitative estimate of drug-likeness (QED) is 0.0956. The van der Waals surface area contributed by atoms with E-state index in [1.807, 2.05) is 0 Å². The van der Waals surface area contributed by atoms with Crippen molar-refractivity contribution >= 4 is 49.0 Å². The number of carboxylic acid groups (broad SMARTS) is 1. The Kier molecular flexibility index (Phi) is 10.5. The summed E-state index contributed by atoms with van der Waals surface area (Å²) in [5, 5.41) is 10.4. The van der Waals surface area contributed by atoms with Crippen molar-refractivity contribution in [2.24, 2.45) is 10.9 Å². The first-order chi connectivity index (χ1) is 21.9. The van der Waals surface area contributed by atoms with Crippen molar-refractivity contribution in [1.82, 2.24) is 19.9 Å². The van der Waals surface area contributed by atoms with Gasteiger partial charge in [0.25, 0.3) is 0 Å². The lowest BCUT2D eigenvalue weighted by atomic mass is 9.86. The van der Waals surface area contributed by atoms with Gasteiger partial charge in [0.05, 0.1) is 17.9 Å². The molecule has 1 saturated carbocycles. The average molecular weight is 688 g/mol. The molecule has 0 aromatic carbocycles. The number of amides is 1. The van der Waals surface area contributed by atoms with Gasteiger partial charge in [-0.3, -0.25) is 9.79 Å². The number of nitrogens with zero attached hydrogens (tertiary/aromatic N) is 5. The van der Waals surface area contributed by atoms with Crippen molar-refractivity contribution in [2.45, 2.75) is 75.7 Å². The van der Waals surface area contributed by atoms with E-state index in [-0.39, 0.29) is 47.6 Å². The van der Waals surface area contributed by atoms with Gasteiger partial charge < -0.3 is 19.3 Å².